The normalized spacial score (nSPS) is 13.3. The van der Waals surface area contributed by atoms with Crippen molar-refractivity contribution in [3.8, 4) is 0 Å². The SMILES string of the molecule is CNN(C)Cc1cc2ccccc2n1CCC(=O)NCCNC(=O)[C@@H](O)[C@@H](O)C(=O)NCCC(=O)N(C)[C@@H](C)C(=O)O. The lowest BCUT2D eigenvalue weighted by molar-refractivity contribution is -0.148. The molecule has 2 aromatic rings. The lowest BCUT2D eigenvalue weighted by atomic mass is 10.1. The summed E-state index contributed by atoms with van der Waals surface area (Å²) < 4.78 is 2.08. The topological polar surface area (TPSA) is 206 Å². The van der Waals surface area contributed by atoms with Crippen LogP contribution in [0.5, 0.6) is 0 Å². The maximum absolute atomic E-state index is 12.4. The molecule has 0 saturated heterocycles. The first-order chi connectivity index (χ1) is 19.9. The number of nitrogens with zero attached hydrogens (tertiary/aromatic N) is 3. The standard InChI is InChI=1S/C27H41N7O8/c1-17(27(41)42)33(4)22(36)9-11-30-25(39)23(37)24(38)26(40)31-13-12-29-21(35)10-14-34-19(16-32(3)28-2)15-18-7-5-6-8-20(18)34/h5-8,15,17,23-24,28,37-38H,9-14,16H2,1-4H3,(H,29,35)(H,30,39)(H,31,40)(H,41,42)/t17-,23+,24-/m0/s1. The Morgan fingerprint density at radius 3 is 2.12 bits per heavy atom. The molecule has 1 aromatic heterocycles. The summed E-state index contributed by atoms with van der Waals surface area (Å²) in [6.45, 7) is 2.17. The van der Waals surface area contributed by atoms with Gasteiger partial charge in [0.15, 0.2) is 12.2 Å². The van der Waals surface area contributed by atoms with Crippen molar-refractivity contribution in [3.63, 3.8) is 0 Å². The number of aliphatic carboxylic acids is 1. The minimum Gasteiger partial charge on any atom is -0.480 e. The number of hydrogen-bond donors (Lipinski definition) is 7. The Morgan fingerprint density at radius 2 is 1.50 bits per heavy atom. The van der Waals surface area contributed by atoms with Gasteiger partial charge in [0.05, 0.1) is 6.54 Å². The van der Waals surface area contributed by atoms with E-state index in [1.165, 1.54) is 14.0 Å². The van der Waals surface area contributed by atoms with E-state index in [1.807, 2.05) is 43.4 Å². The van der Waals surface area contributed by atoms with Gasteiger partial charge in [-0.05, 0) is 31.5 Å². The Kier molecular flexibility index (Phi) is 13.3. The van der Waals surface area contributed by atoms with Gasteiger partial charge in [-0.3, -0.25) is 24.6 Å². The van der Waals surface area contributed by atoms with Crippen molar-refractivity contribution in [1.29, 1.82) is 0 Å². The number of para-hydroxylation sites is 1. The van der Waals surface area contributed by atoms with Gasteiger partial charge >= 0.3 is 5.97 Å². The van der Waals surface area contributed by atoms with Crippen LogP contribution in [0.25, 0.3) is 10.9 Å². The molecule has 42 heavy (non-hydrogen) atoms. The number of fused-ring (bicyclic) bond motifs is 1. The molecule has 1 aromatic carbocycles. The molecule has 0 radical (unpaired) electrons. The molecule has 15 nitrogen and oxygen atoms in total. The highest BCUT2D eigenvalue weighted by atomic mass is 16.4. The molecule has 3 atom stereocenters. The maximum Gasteiger partial charge on any atom is 0.326 e. The van der Waals surface area contributed by atoms with Crippen molar-refractivity contribution in [2.45, 2.75) is 51.1 Å². The van der Waals surface area contributed by atoms with Crippen molar-refractivity contribution in [3.05, 3.63) is 36.0 Å². The van der Waals surface area contributed by atoms with Gasteiger partial charge in [0.1, 0.15) is 6.04 Å². The third kappa shape index (κ3) is 9.80. The third-order valence-electron chi connectivity index (χ3n) is 6.79. The number of aliphatic hydroxyl groups excluding tert-OH is 2. The van der Waals surface area contributed by atoms with E-state index in [9.17, 15) is 34.2 Å². The molecule has 0 aliphatic rings. The Balaban J connectivity index is 1.73. The average Bonchev–Trinajstić information content (AvgIpc) is 3.32. The molecule has 0 unspecified atom stereocenters. The average molecular weight is 592 g/mol. The molecule has 15 heteroatoms. The molecule has 0 fully saturated rings. The summed E-state index contributed by atoms with van der Waals surface area (Å²) in [7, 11) is 5.05. The van der Waals surface area contributed by atoms with Crippen LogP contribution in [0.2, 0.25) is 0 Å². The molecule has 1 heterocycles. The van der Waals surface area contributed by atoms with Gasteiger partial charge in [0.2, 0.25) is 11.8 Å². The fraction of sp³-hybridized carbons (Fsp3) is 0.519. The third-order valence-corrected chi connectivity index (χ3v) is 6.79. The second kappa shape index (κ2) is 16.4. The van der Waals surface area contributed by atoms with E-state index >= 15 is 0 Å². The van der Waals surface area contributed by atoms with E-state index < -0.39 is 41.9 Å². The molecule has 2 rings (SSSR count). The smallest absolute Gasteiger partial charge is 0.326 e. The van der Waals surface area contributed by atoms with Crippen LogP contribution in [-0.2, 0) is 37.1 Å². The molecule has 7 N–H and O–H groups in total. The summed E-state index contributed by atoms with van der Waals surface area (Å²) in [5, 5.41) is 39.2. The minimum absolute atomic E-state index is 0.0523. The monoisotopic (exact) mass is 591 g/mol. The fourth-order valence-corrected chi connectivity index (χ4v) is 4.02. The molecular weight excluding hydrogens is 550 g/mol. The summed E-state index contributed by atoms with van der Waals surface area (Å²) in [5.74, 6) is -4.08. The number of amides is 4. The summed E-state index contributed by atoms with van der Waals surface area (Å²) in [6.07, 6.45) is -4.23. The Morgan fingerprint density at radius 1 is 0.905 bits per heavy atom. The van der Waals surface area contributed by atoms with Gasteiger partial charge in [-0.2, -0.15) is 0 Å². The van der Waals surface area contributed by atoms with E-state index in [-0.39, 0.29) is 38.4 Å². The van der Waals surface area contributed by atoms with Crippen molar-refractivity contribution >= 4 is 40.5 Å². The molecule has 232 valence electrons. The second-order valence-electron chi connectivity index (χ2n) is 9.77. The number of aliphatic hydroxyl groups is 2. The molecule has 0 aliphatic carbocycles. The summed E-state index contributed by atoms with van der Waals surface area (Å²) in [4.78, 5) is 60.6. The van der Waals surface area contributed by atoms with Gasteiger partial charge in [0, 0.05) is 64.3 Å². The van der Waals surface area contributed by atoms with Crippen molar-refractivity contribution in [2.24, 2.45) is 0 Å². The van der Waals surface area contributed by atoms with Crippen LogP contribution in [-0.4, -0.2) is 118 Å². The number of nitrogens with one attached hydrogen (secondary N) is 4. The van der Waals surface area contributed by atoms with Gasteiger partial charge < -0.3 is 40.7 Å². The molecule has 0 bridgehead atoms. The number of benzene rings is 1. The first-order valence-electron chi connectivity index (χ1n) is 13.5. The van der Waals surface area contributed by atoms with Crippen LogP contribution in [0.1, 0.15) is 25.5 Å². The van der Waals surface area contributed by atoms with E-state index in [0.29, 0.717) is 13.1 Å². The van der Waals surface area contributed by atoms with Gasteiger partial charge in [-0.1, -0.05) is 18.2 Å². The number of likely N-dealkylation sites (N-methyl/N-ethyl adjacent to an activating group) is 1. The number of hydrogen-bond acceptors (Lipinski definition) is 9. The van der Waals surface area contributed by atoms with E-state index in [1.54, 1.807) is 0 Å². The summed E-state index contributed by atoms with van der Waals surface area (Å²) in [5.41, 5.74) is 5.11. The Hall–Kier alpha value is -4.05. The first kappa shape index (κ1) is 34.2. The minimum atomic E-state index is -2.10. The number of carbonyl (C=O) groups is 5. The fourth-order valence-electron chi connectivity index (χ4n) is 4.02. The van der Waals surface area contributed by atoms with Crippen LogP contribution >= 0.6 is 0 Å². The van der Waals surface area contributed by atoms with Crippen LogP contribution in [0.15, 0.2) is 30.3 Å². The predicted octanol–water partition coefficient (Wildman–Crippen LogP) is -2.01. The van der Waals surface area contributed by atoms with Crippen molar-refractivity contribution < 1.29 is 39.3 Å². The number of carbonyl (C=O) groups excluding carboxylic acids is 4. The largest absolute Gasteiger partial charge is 0.480 e. The number of aryl methyl sites for hydroxylation is 1. The summed E-state index contributed by atoms with van der Waals surface area (Å²) >= 11 is 0. The highest BCUT2D eigenvalue weighted by Crippen LogP contribution is 2.21. The zero-order valence-corrected chi connectivity index (χ0v) is 24.3. The highest BCUT2D eigenvalue weighted by molar-refractivity contribution is 5.91. The highest BCUT2D eigenvalue weighted by Gasteiger charge is 2.30. The Bertz CT molecular complexity index is 1250. The predicted molar refractivity (Wildman–Crippen MR) is 153 cm³/mol. The molecule has 4 amide bonds. The first-order valence-corrected chi connectivity index (χ1v) is 13.5. The van der Waals surface area contributed by atoms with Gasteiger partial charge in [-0.15, -0.1) is 0 Å². The molecule has 0 spiro atoms. The lowest BCUT2D eigenvalue weighted by Gasteiger charge is -2.22. The number of rotatable bonds is 17. The van der Waals surface area contributed by atoms with E-state index in [2.05, 4.69) is 32.0 Å². The van der Waals surface area contributed by atoms with Gasteiger partial charge in [-0.25, -0.2) is 9.80 Å². The van der Waals surface area contributed by atoms with E-state index in [4.69, 9.17) is 5.11 Å². The number of carboxylic acid groups (broad SMARTS) is 1. The van der Waals surface area contributed by atoms with Crippen molar-refractivity contribution in [2.75, 3.05) is 40.8 Å². The number of hydrazine groups is 1. The quantitative estimate of drug-likeness (QED) is 0.0795. The Labute approximate surface area is 243 Å². The van der Waals surface area contributed by atoms with Crippen LogP contribution in [0, 0.1) is 0 Å². The van der Waals surface area contributed by atoms with Crippen LogP contribution in [0.3, 0.4) is 0 Å². The van der Waals surface area contributed by atoms with Crippen LogP contribution < -0.4 is 21.4 Å². The molecular formula is C27H41N7O8. The van der Waals surface area contributed by atoms with E-state index in [0.717, 1.165) is 21.5 Å². The second-order valence-corrected chi connectivity index (χ2v) is 9.77. The zero-order valence-electron chi connectivity index (χ0n) is 24.3. The maximum atomic E-state index is 12.4. The molecule has 0 saturated carbocycles. The van der Waals surface area contributed by atoms with Crippen LogP contribution in [0.4, 0.5) is 0 Å². The lowest BCUT2D eigenvalue weighted by Crippen LogP contribution is -2.51. The number of aromatic nitrogens is 1. The number of carboxylic acids is 1. The summed E-state index contributed by atoms with van der Waals surface area (Å²) in [6, 6.07) is 8.92. The van der Waals surface area contributed by atoms with Crippen molar-refractivity contribution in [1.82, 2.24) is 35.9 Å². The zero-order chi connectivity index (χ0) is 31.4. The molecule has 0 aliphatic heterocycles. The van der Waals surface area contributed by atoms with Gasteiger partial charge in [0.25, 0.3) is 11.8 Å².